The van der Waals surface area contributed by atoms with E-state index in [-0.39, 0.29) is 17.2 Å². The van der Waals surface area contributed by atoms with Crippen LogP contribution in [0.15, 0.2) is 53.4 Å². The Labute approximate surface area is 165 Å². The maximum Gasteiger partial charge on any atom is 0.303 e. The van der Waals surface area contributed by atoms with E-state index in [1.54, 1.807) is 35.2 Å². The van der Waals surface area contributed by atoms with Crippen LogP contribution in [0.4, 0.5) is 5.69 Å². The highest BCUT2D eigenvalue weighted by atomic mass is 32.2. The number of aliphatic carboxylic acids is 1. The van der Waals surface area contributed by atoms with Crippen molar-refractivity contribution in [3.63, 3.8) is 0 Å². The molecular formula is C20H24N2O5S. The standard InChI is InChI=1S/C20H24N2O5S/c1-3-22(4-2)20(25)16-6-5-7-17(14-16)21-28(26,27)18-11-8-15(9-12-18)10-13-19(23)24/h5-9,11-12,14,21H,3-4,10,13H2,1-2H3,(H,23,24). The summed E-state index contributed by atoms with van der Waals surface area (Å²) in [5.41, 5.74) is 1.45. The molecule has 2 aromatic rings. The molecule has 0 saturated heterocycles. The fourth-order valence-electron chi connectivity index (χ4n) is 2.71. The number of carbonyl (C=O) groups excluding carboxylic acids is 1. The van der Waals surface area contributed by atoms with E-state index >= 15 is 0 Å². The summed E-state index contributed by atoms with van der Waals surface area (Å²) in [4.78, 5) is 24.8. The van der Waals surface area contributed by atoms with E-state index in [9.17, 15) is 18.0 Å². The second-order valence-electron chi connectivity index (χ2n) is 6.20. The number of nitrogens with zero attached hydrogens (tertiary/aromatic N) is 1. The largest absolute Gasteiger partial charge is 0.481 e. The first-order chi connectivity index (χ1) is 13.3. The molecule has 0 bridgehead atoms. The number of carboxylic acids is 1. The summed E-state index contributed by atoms with van der Waals surface area (Å²) >= 11 is 0. The molecule has 0 saturated carbocycles. The monoisotopic (exact) mass is 404 g/mol. The van der Waals surface area contributed by atoms with Crippen LogP contribution in [0, 0.1) is 0 Å². The van der Waals surface area contributed by atoms with E-state index in [1.807, 2.05) is 13.8 Å². The molecule has 0 fully saturated rings. The minimum atomic E-state index is -3.83. The molecule has 2 N–H and O–H groups in total. The van der Waals surface area contributed by atoms with Crippen LogP contribution in [0.25, 0.3) is 0 Å². The number of aryl methyl sites for hydroxylation is 1. The van der Waals surface area contributed by atoms with Crippen molar-refractivity contribution in [2.75, 3.05) is 17.8 Å². The zero-order valence-corrected chi connectivity index (χ0v) is 16.7. The van der Waals surface area contributed by atoms with E-state index in [1.165, 1.54) is 18.2 Å². The fourth-order valence-corrected chi connectivity index (χ4v) is 3.76. The summed E-state index contributed by atoms with van der Waals surface area (Å²) in [5, 5.41) is 8.72. The smallest absolute Gasteiger partial charge is 0.303 e. The van der Waals surface area contributed by atoms with Gasteiger partial charge in [-0.25, -0.2) is 8.42 Å². The van der Waals surface area contributed by atoms with Crippen molar-refractivity contribution in [2.24, 2.45) is 0 Å². The molecule has 0 aromatic heterocycles. The lowest BCUT2D eigenvalue weighted by Gasteiger charge is -2.19. The molecule has 7 nitrogen and oxygen atoms in total. The lowest BCUT2D eigenvalue weighted by molar-refractivity contribution is -0.136. The van der Waals surface area contributed by atoms with Gasteiger partial charge in [-0.3, -0.25) is 14.3 Å². The number of hydrogen-bond donors (Lipinski definition) is 2. The minimum absolute atomic E-state index is 0.0162. The van der Waals surface area contributed by atoms with Crippen molar-refractivity contribution in [1.29, 1.82) is 0 Å². The number of benzene rings is 2. The highest BCUT2D eigenvalue weighted by molar-refractivity contribution is 7.92. The van der Waals surface area contributed by atoms with Gasteiger partial charge in [0.2, 0.25) is 0 Å². The molecular weight excluding hydrogens is 380 g/mol. The minimum Gasteiger partial charge on any atom is -0.481 e. The van der Waals surface area contributed by atoms with Crippen LogP contribution in [-0.4, -0.2) is 43.4 Å². The average Bonchev–Trinajstić information content (AvgIpc) is 2.67. The Hall–Kier alpha value is -2.87. The van der Waals surface area contributed by atoms with Crippen LogP contribution in [0.3, 0.4) is 0 Å². The number of hydrogen-bond acceptors (Lipinski definition) is 4. The van der Waals surface area contributed by atoms with E-state index in [4.69, 9.17) is 5.11 Å². The molecule has 150 valence electrons. The van der Waals surface area contributed by atoms with Gasteiger partial charge in [-0.05, 0) is 56.2 Å². The molecule has 2 aromatic carbocycles. The third-order valence-corrected chi connectivity index (χ3v) is 5.67. The van der Waals surface area contributed by atoms with Crippen LogP contribution >= 0.6 is 0 Å². The topological polar surface area (TPSA) is 104 Å². The van der Waals surface area contributed by atoms with Gasteiger partial charge in [-0.1, -0.05) is 18.2 Å². The Morgan fingerprint density at radius 3 is 2.25 bits per heavy atom. The Morgan fingerprint density at radius 2 is 1.68 bits per heavy atom. The van der Waals surface area contributed by atoms with Crippen molar-refractivity contribution in [2.45, 2.75) is 31.6 Å². The summed E-state index contributed by atoms with van der Waals surface area (Å²) in [6, 6.07) is 12.4. The van der Waals surface area contributed by atoms with Crippen molar-refractivity contribution >= 4 is 27.6 Å². The molecule has 2 rings (SSSR count). The molecule has 0 aliphatic rings. The van der Waals surface area contributed by atoms with E-state index in [0.29, 0.717) is 30.8 Å². The molecule has 1 amide bonds. The van der Waals surface area contributed by atoms with Crippen LogP contribution in [0.1, 0.15) is 36.2 Å². The first kappa shape index (κ1) is 21.4. The lowest BCUT2D eigenvalue weighted by Crippen LogP contribution is -2.30. The van der Waals surface area contributed by atoms with Crippen molar-refractivity contribution in [3.05, 3.63) is 59.7 Å². The van der Waals surface area contributed by atoms with E-state index in [0.717, 1.165) is 5.56 Å². The fraction of sp³-hybridized carbons (Fsp3) is 0.300. The quantitative estimate of drug-likeness (QED) is 0.669. The van der Waals surface area contributed by atoms with Gasteiger partial charge in [-0.15, -0.1) is 0 Å². The number of carboxylic acid groups (broad SMARTS) is 1. The number of anilines is 1. The zero-order valence-electron chi connectivity index (χ0n) is 15.9. The second-order valence-corrected chi connectivity index (χ2v) is 7.88. The van der Waals surface area contributed by atoms with Gasteiger partial charge >= 0.3 is 5.97 Å². The Bertz CT molecular complexity index is 935. The number of sulfonamides is 1. The van der Waals surface area contributed by atoms with E-state index < -0.39 is 16.0 Å². The van der Waals surface area contributed by atoms with Crippen molar-refractivity contribution in [1.82, 2.24) is 4.90 Å². The van der Waals surface area contributed by atoms with Gasteiger partial charge in [0, 0.05) is 30.8 Å². The highest BCUT2D eigenvalue weighted by Crippen LogP contribution is 2.19. The molecule has 0 atom stereocenters. The van der Waals surface area contributed by atoms with E-state index in [2.05, 4.69) is 4.72 Å². The predicted molar refractivity (Wildman–Crippen MR) is 107 cm³/mol. The van der Waals surface area contributed by atoms with Crippen LogP contribution in [0.2, 0.25) is 0 Å². The Balaban J connectivity index is 2.17. The maximum absolute atomic E-state index is 12.6. The zero-order chi connectivity index (χ0) is 20.7. The van der Waals surface area contributed by atoms with Crippen molar-refractivity contribution in [3.8, 4) is 0 Å². The van der Waals surface area contributed by atoms with Crippen LogP contribution in [-0.2, 0) is 21.2 Å². The third kappa shape index (κ3) is 5.56. The summed E-state index contributed by atoms with van der Waals surface area (Å²) in [6.45, 7) is 4.90. The lowest BCUT2D eigenvalue weighted by atomic mass is 10.1. The van der Waals surface area contributed by atoms with Crippen molar-refractivity contribution < 1.29 is 23.1 Å². The first-order valence-electron chi connectivity index (χ1n) is 8.99. The molecule has 0 heterocycles. The third-order valence-electron chi connectivity index (χ3n) is 4.27. The Kier molecular flexibility index (Phi) is 7.17. The first-order valence-corrected chi connectivity index (χ1v) is 10.5. The molecule has 0 aliphatic carbocycles. The normalized spacial score (nSPS) is 11.1. The predicted octanol–water partition coefficient (Wildman–Crippen LogP) is 2.99. The highest BCUT2D eigenvalue weighted by Gasteiger charge is 2.17. The molecule has 0 radical (unpaired) electrons. The van der Waals surface area contributed by atoms with Gasteiger partial charge in [0.1, 0.15) is 0 Å². The van der Waals surface area contributed by atoms with Gasteiger partial charge in [0.15, 0.2) is 0 Å². The molecule has 0 spiro atoms. The number of rotatable bonds is 9. The maximum atomic E-state index is 12.6. The van der Waals surface area contributed by atoms with Gasteiger partial charge in [-0.2, -0.15) is 0 Å². The summed E-state index contributed by atoms with van der Waals surface area (Å²) in [6.07, 6.45) is 0.316. The number of nitrogens with one attached hydrogen (secondary N) is 1. The Morgan fingerprint density at radius 1 is 1.04 bits per heavy atom. The summed E-state index contributed by atoms with van der Waals surface area (Å²) < 4.78 is 27.7. The molecule has 0 unspecified atom stereocenters. The molecule has 8 heteroatoms. The summed E-state index contributed by atoms with van der Waals surface area (Å²) in [5.74, 6) is -1.06. The van der Waals surface area contributed by atoms with Gasteiger partial charge in [0.05, 0.1) is 4.90 Å². The SMILES string of the molecule is CCN(CC)C(=O)c1cccc(NS(=O)(=O)c2ccc(CCC(=O)O)cc2)c1. The number of amides is 1. The average molecular weight is 404 g/mol. The van der Waals surface area contributed by atoms with Crippen LogP contribution < -0.4 is 4.72 Å². The second kappa shape index (κ2) is 9.36. The van der Waals surface area contributed by atoms with Gasteiger partial charge in [0.25, 0.3) is 15.9 Å². The molecule has 28 heavy (non-hydrogen) atoms. The number of carbonyl (C=O) groups is 2. The van der Waals surface area contributed by atoms with Gasteiger partial charge < -0.3 is 10.0 Å². The van der Waals surface area contributed by atoms with Crippen LogP contribution in [0.5, 0.6) is 0 Å². The molecule has 0 aliphatic heterocycles. The summed E-state index contributed by atoms with van der Waals surface area (Å²) in [7, 11) is -3.83.